The lowest BCUT2D eigenvalue weighted by Gasteiger charge is -2.27. The van der Waals surface area contributed by atoms with E-state index in [1.807, 2.05) is 19.0 Å². The molecule has 0 bridgehead atoms. The lowest BCUT2D eigenvalue weighted by molar-refractivity contribution is -0.138. The number of hydrogen-bond donors (Lipinski definition) is 1. The summed E-state index contributed by atoms with van der Waals surface area (Å²) in [6.07, 6.45) is 2.53. The standard InChI is InChI=1S/C15H22N2O2/c1-16(2)13-7-5-12(6-8-13)14(11-15(18)19)17-9-3-4-10-17/h5-8,14H,3-4,9-11H2,1-2H3,(H,18,19). The van der Waals surface area contributed by atoms with Crippen LogP contribution in [0.5, 0.6) is 0 Å². The van der Waals surface area contributed by atoms with Crippen LogP contribution >= 0.6 is 0 Å². The molecule has 0 aromatic heterocycles. The molecule has 1 saturated heterocycles. The van der Waals surface area contributed by atoms with E-state index in [1.54, 1.807) is 0 Å². The van der Waals surface area contributed by atoms with Crippen molar-refractivity contribution in [2.45, 2.75) is 25.3 Å². The van der Waals surface area contributed by atoms with E-state index in [4.69, 9.17) is 5.11 Å². The van der Waals surface area contributed by atoms with Gasteiger partial charge in [0.1, 0.15) is 0 Å². The predicted molar refractivity (Wildman–Crippen MR) is 76.6 cm³/mol. The fourth-order valence-corrected chi connectivity index (χ4v) is 2.67. The van der Waals surface area contributed by atoms with Gasteiger partial charge in [-0.3, -0.25) is 9.69 Å². The molecule has 1 aromatic carbocycles. The van der Waals surface area contributed by atoms with Crippen LogP contribution in [0.4, 0.5) is 5.69 Å². The van der Waals surface area contributed by atoms with Crippen LogP contribution in [0.1, 0.15) is 30.9 Å². The fraction of sp³-hybridized carbons (Fsp3) is 0.533. The third-order valence-corrected chi connectivity index (χ3v) is 3.74. The molecular weight excluding hydrogens is 240 g/mol. The number of anilines is 1. The number of aliphatic carboxylic acids is 1. The lowest BCUT2D eigenvalue weighted by Crippen LogP contribution is -2.27. The Hall–Kier alpha value is -1.55. The third kappa shape index (κ3) is 3.47. The van der Waals surface area contributed by atoms with Crippen LogP contribution in [0.25, 0.3) is 0 Å². The maximum absolute atomic E-state index is 11.1. The Morgan fingerprint density at radius 3 is 2.32 bits per heavy atom. The van der Waals surface area contributed by atoms with Crippen molar-refractivity contribution in [2.24, 2.45) is 0 Å². The molecule has 1 heterocycles. The first-order valence-electron chi connectivity index (χ1n) is 6.81. The Kier molecular flexibility index (Phi) is 4.43. The summed E-state index contributed by atoms with van der Waals surface area (Å²) < 4.78 is 0. The first-order chi connectivity index (χ1) is 9.08. The second-order valence-corrected chi connectivity index (χ2v) is 5.34. The highest BCUT2D eigenvalue weighted by Gasteiger charge is 2.25. The molecular formula is C15H22N2O2. The number of carbonyl (C=O) groups is 1. The molecule has 4 nitrogen and oxygen atoms in total. The molecule has 1 aliphatic heterocycles. The van der Waals surface area contributed by atoms with Gasteiger partial charge in [0, 0.05) is 25.8 Å². The van der Waals surface area contributed by atoms with Gasteiger partial charge in [-0.2, -0.15) is 0 Å². The smallest absolute Gasteiger partial charge is 0.305 e. The summed E-state index contributed by atoms with van der Waals surface area (Å²) in [7, 11) is 4.01. The third-order valence-electron chi connectivity index (χ3n) is 3.74. The summed E-state index contributed by atoms with van der Waals surface area (Å²) in [5.74, 6) is -0.728. The molecule has 1 fully saturated rings. The maximum atomic E-state index is 11.1. The molecule has 0 radical (unpaired) electrons. The second kappa shape index (κ2) is 6.06. The van der Waals surface area contributed by atoms with E-state index in [0.717, 1.165) is 24.3 Å². The Morgan fingerprint density at radius 2 is 1.84 bits per heavy atom. The monoisotopic (exact) mass is 262 g/mol. The minimum Gasteiger partial charge on any atom is -0.481 e. The second-order valence-electron chi connectivity index (χ2n) is 5.34. The summed E-state index contributed by atoms with van der Waals surface area (Å²) in [6.45, 7) is 2.01. The first-order valence-corrected chi connectivity index (χ1v) is 6.81. The summed E-state index contributed by atoms with van der Waals surface area (Å²) >= 11 is 0. The minimum absolute atomic E-state index is 0.0104. The average Bonchev–Trinajstić information content (AvgIpc) is 2.89. The van der Waals surface area contributed by atoms with Crippen LogP contribution < -0.4 is 4.90 Å². The number of carboxylic acids is 1. The Labute approximate surface area is 114 Å². The Balaban J connectivity index is 2.19. The van der Waals surface area contributed by atoms with Crippen molar-refractivity contribution in [1.82, 2.24) is 4.90 Å². The van der Waals surface area contributed by atoms with Crippen molar-refractivity contribution in [1.29, 1.82) is 0 Å². The molecule has 4 heteroatoms. The number of nitrogens with zero attached hydrogens (tertiary/aromatic N) is 2. The van der Waals surface area contributed by atoms with Crippen LogP contribution in [0, 0.1) is 0 Å². The van der Waals surface area contributed by atoms with Crippen molar-refractivity contribution in [2.75, 3.05) is 32.1 Å². The highest BCUT2D eigenvalue weighted by molar-refractivity contribution is 5.68. The number of likely N-dealkylation sites (tertiary alicyclic amines) is 1. The molecule has 0 amide bonds. The van der Waals surface area contributed by atoms with E-state index in [2.05, 4.69) is 29.2 Å². The summed E-state index contributed by atoms with van der Waals surface area (Å²) in [6, 6.07) is 8.24. The predicted octanol–water partition coefficient (Wildman–Crippen LogP) is 2.36. The van der Waals surface area contributed by atoms with Crippen LogP contribution in [-0.4, -0.2) is 43.2 Å². The van der Waals surface area contributed by atoms with E-state index < -0.39 is 5.97 Å². The number of rotatable bonds is 5. The zero-order chi connectivity index (χ0) is 13.8. The van der Waals surface area contributed by atoms with Crippen LogP contribution in [0.2, 0.25) is 0 Å². The van der Waals surface area contributed by atoms with Gasteiger partial charge in [-0.15, -0.1) is 0 Å². The van der Waals surface area contributed by atoms with Crippen molar-refractivity contribution in [3.05, 3.63) is 29.8 Å². The maximum Gasteiger partial charge on any atom is 0.305 e. The summed E-state index contributed by atoms with van der Waals surface area (Å²) in [5.41, 5.74) is 2.24. The molecule has 1 unspecified atom stereocenters. The highest BCUT2D eigenvalue weighted by atomic mass is 16.4. The van der Waals surface area contributed by atoms with Gasteiger partial charge in [0.2, 0.25) is 0 Å². The first kappa shape index (κ1) is 13.9. The molecule has 1 atom stereocenters. The van der Waals surface area contributed by atoms with Gasteiger partial charge >= 0.3 is 5.97 Å². The normalized spacial score (nSPS) is 17.4. The van der Waals surface area contributed by atoms with Gasteiger partial charge in [0.15, 0.2) is 0 Å². The van der Waals surface area contributed by atoms with Crippen LogP contribution in [-0.2, 0) is 4.79 Å². The van der Waals surface area contributed by atoms with E-state index in [9.17, 15) is 4.79 Å². The van der Waals surface area contributed by atoms with Gasteiger partial charge in [-0.25, -0.2) is 0 Å². The van der Waals surface area contributed by atoms with Crippen molar-refractivity contribution in [3.63, 3.8) is 0 Å². The Bertz CT molecular complexity index is 422. The number of carboxylic acid groups (broad SMARTS) is 1. The molecule has 0 aliphatic carbocycles. The van der Waals surface area contributed by atoms with Gasteiger partial charge in [0.05, 0.1) is 6.42 Å². The van der Waals surface area contributed by atoms with E-state index in [0.29, 0.717) is 0 Å². The minimum atomic E-state index is -0.728. The molecule has 1 N–H and O–H groups in total. The number of hydrogen-bond acceptors (Lipinski definition) is 3. The number of benzene rings is 1. The Morgan fingerprint density at radius 1 is 1.26 bits per heavy atom. The quantitative estimate of drug-likeness (QED) is 0.884. The highest BCUT2D eigenvalue weighted by Crippen LogP contribution is 2.29. The average molecular weight is 262 g/mol. The molecule has 2 rings (SSSR count). The van der Waals surface area contributed by atoms with Gasteiger partial charge in [-0.05, 0) is 43.6 Å². The lowest BCUT2D eigenvalue weighted by atomic mass is 10.0. The zero-order valence-electron chi connectivity index (χ0n) is 11.7. The molecule has 104 valence electrons. The summed E-state index contributed by atoms with van der Waals surface area (Å²) in [5, 5.41) is 9.11. The van der Waals surface area contributed by atoms with Crippen molar-refractivity contribution >= 4 is 11.7 Å². The largest absolute Gasteiger partial charge is 0.481 e. The fourth-order valence-electron chi connectivity index (χ4n) is 2.67. The molecule has 1 aromatic rings. The molecule has 19 heavy (non-hydrogen) atoms. The topological polar surface area (TPSA) is 43.8 Å². The van der Waals surface area contributed by atoms with Crippen molar-refractivity contribution in [3.8, 4) is 0 Å². The molecule has 0 spiro atoms. The molecule has 1 aliphatic rings. The zero-order valence-corrected chi connectivity index (χ0v) is 11.7. The van der Waals surface area contributed by atoms with Gasteiger partial charge < -0.3 is 10.0 Å². The van der Waals surface area contributed by atoms with Gasteiger partial charge in [0.25, 0.3) is 0 Å². The SMILES string of the molecule is CN(C)c1ccc(C(CC(=O)O)N2CCCC2)cc1. The van der Waals surface area contributed by atoms with E-state index in [-0.39, 0.29) is 12.5 Å². The van der Waals surface area contributed by atoms with E-state index in [1.165, 1.54) is 12.8 Å². The summed E-state index contributed by atoms with van der Waals surface area (Å²) in [4.78, 5) is 15.4. The van der Waals surface area contributed by atoms with Crippen molar-refractivity contribution < 1.29 is 9.90 Å². The van der Waals surface area contributed by atoms with E-state index >= 15 is 0 Å². The van der Waals surface area contributed by atoms with Crippen LogP contribution in [0.3, 0.4) is 0 Å². The molecule has 0 saturated carbocycles. The van der Waals surface area contributed by atoms with Gasteiger partial charge in [-0.1, -0.05) is 12.1 Å². The van der Waals surface area contributed by atoms with Crippen LogP contribution in [0.15, 0.2) is 24.3 Å².